The normalized spacial score (nSPS) is 20.5. The number of rotatable bonds is 3. The molecule has 0 saturated carbocycles. The average Bonchev–Trinajstić information content (AvgIpc) is 3.37. The Morgan fingerprint density at radius 1 is 1.15 bits per heavy atom. The summed E-state index contributed by atoms with van der Waals surface area (Å²) in [6.45, 7) is 0. The molecular weight excluding hydrogens is 360 g/mol. The van der Waals surface area contributed by atoms with Gasteiger partial charge in [0.05, 0.1) is 29.3 Å². The smallest absolute Gasteiger partial charge is 0.217 e. The van der Waals surface area contributed by atoms with Crippen molar-refractivity contribution in [3.8, 4) is 17.2 Å². The number of para-hydroxylation sites is 1. The van der Waals surface area contributed by atoms with Crippen LogP contribution < -0.4 is 9.47 Å². The fraction of sp³-hybridized carbons (Fsp3) is 0.190. The van der Waals surface area contributed by atoms with E-state index in [0.29, 0.717) is 11.3 Å². The predicted octanol–water partition coefficient (Wildman–Crippen LogP) is 4.70. The lowest BCUT2D eigenvalue weighted by Gasteiger charge is -2.38. The summed E-state index contributed by atoms with van der Waals surface area (Å²) in [6, 6.07) is 17.4. The molecule has 2 aliphatic rings. The molecule has 5 rings (SSSR count). The number of hydrogen-bond acceptors (Lipinski definition) is 6. The fourth-order valence-electron chi connectivity index (χ4n) is 3.69. The van der Waals surface area contributed by atoms with Crippen LogP contribution in [-0.4, -0.2) is 22.9 Å². The number of nitrogens with zero attached hydrogens (tertiary/aromatic N) is 2. The molecule has 0 amide bonds. The van der Waals surface area contributed by atoms with E-state index in [0.717, 1.165) is 28.3 Å². The van der Waals surface area contributed by atoms with Crippen LogP contribution in [0, 0.1) is 0 Å². The summed E-state index contributed by atoms with van der Waals surface area (Å²) >= 11 is 1.69. The van der Waals surface area contributed by atoms with Gasteiger partial charge in [-0.15, -0.1) is 11.3 Å². The van der Waals surface area contributed by atoms with Gasteiger partial charge in [-0.2, -0.15) is 5.10 Å². The molecule has 3 aromatic rings. The van der Waals surface area contributed by atoms with E-state index in [-0.39, 0.29) is 11.8 Å². The van der Waals surface area contributed by atoms with E-state index in [1.165, 1.54) is 0 Å². The number of hydrogen-bond donors (Lipinski definition) is 1. The Hall–Kier alpha value is -2.99. The maximum Gasteiger partial charge on any atom is 0.217 e. The summed E-state index contributed by atoms with van der Waals surface area (Å²) in [5, 5.41) is 19.4. The van der Waals surface area contributed by atoms with E-state index >= 15 is 0 Å². The Bertz CT molecular complexity index is 1020. The summed E-state index contributed by atoms with van der Waals surface area (Å²) in [7, 11) is 1.61. The third-order valence-electron chi connectivity index (χ3n) is 5.01. The first-order chi connectivity index (χ1) is 13.2. The average molecular weight is 378 g/mol. The number of methoxy groups -OCH3 is 1. The Balaban J connectivity index is 1.63. The number of ether oxygens (including phenoxy) is 2. The third kappa shape index (κ3) is 2.64. The molecule has 2 aliphatic heterocycles. The Kier molecular flexibility index (Phi) is 3.79. The Morgan fingerprint density at radius 3 is 2.85 bits per heavy atom. The van der Waals surface area contributed by atoms with Crippen LogP contribution >= 0.6 is 11.3 Å². The molecule has 0 unspecified atom stereocenters. The highest BCUT2D eigenvalue weighted by molar-refractivity contribution is 7.12. The summed E-state index contributed by atoms with van der Waals surface area (Å²) in [6.07, 6.45) is 0.291. The van der Waals surface area contributed by atoms with Crippen molar-refractivity contribution in [3.63, 3.8) is 0 Å². The largest absolute Gasteiger partial charge is 0.507 e. The topological polar surface area (TPSA) is 54.3 Å². The minimum Gasteiger partial charge on any atom is -0.507 e. The van der Waals surface area contributed by atoms with Gasteiger partial charge >= 0.3 is 0 Å². The van der Waals surface area contributed by atoms with Crippen LogP contribution in [0.3, 0.4) is 0 Å². The maximum atomic E-state index is 10.5. The summed E-state index contributed by atoms with van der Waals surface area (Å²) in [5.74, 6) is 1.66. The van der Waals surface area contributed by atoms with Gasteiger partial charge in [-0.25, -0.2) is 5.01 Å². The van der Waals surface area contributed by atoms with Gasteiger partial charge in [-0.1, -0.05) is 24.3 Å². The number of fused-ring (bicyclic) bond motifs is 3. The molecule has 1 aromatic heterocycles. The van der Waals surface area contributed by atoms with Crippen molar-refractivity contribution in [1.82, 2.24) is 5.01 Å². The zero-order chi connectivity index (χ0) is 18.4. The maximum absolute atomic E-state index is 10.5. The standard InChI is InChI=1S/C21H18N2O3S/c1-25-13-8-9-18(24)15(11-13)21-23-17(14-5-2-3-6-19(14)26-21)12-16(22-23)20-7-4-10-27-20/h2-11,17,21,24H,12H2,1H3/t17-,21+/m1/s1. The molecular formula is C21H18N2O3S. The number of phenols is 1. The van der Waals surface area contributed by atoms with Gasteiger partial charge in [-0.05, 0) is 35.7 Å². The molecule has 5 nitrogen and oxygen atoms in total. The van der Waals surface area contributed by atoms with Gasteiger partial charge in [0.2, 0.25) is 6.23 Å². The first kappa shape index (κ1) is 16.2. The molecule has 2 atom stereocenters. The van der Waals surface area contributed by atoms with Crippen LogP contribution in [-0.2, 0) is 0 Å². The number of benzene rings is 2. The molecule has 0 bridgehead atoms. The van der Waals surface area contributed by atoms with Crippen molar-refractivity contribution in [2.24, 2.45) is 5.10 Å². The number of aromatic hydroxyl groups is 1. The minimum absolute atomic E-state index is 0.0719. The Morgan fingerprint density at radius 2 is 2.04 bits per heavy atom. The molecule has 0 radical (unpaired) electrons. The number of phenolic OH excluding ortho intramolecular Hbond substituents is 1. The lowest BCUT2D eigenvalue weighted by Crippen LogP contribution is -2.33. The lowest BCUT2D eigenvalue weighted by atomic mass is 9.97. The molecule has 3 heterocycles. The SMILES string of the molecule is COc1ccc(O)c([C@@H]2Oc3ccccc3[C@H]3CC(c4cccs4)=NN32)c1. The number of hydrazone groups is 1. The van der Waals surface area contributed by atoms with Crippen LogP contribution in [0.25, 0.3) is 0 Å². The zero-order valence-electron chi connectivity index (χ0n) is 14.7. The van der Waals surface area contributed by atoms with E-state index < -0.39 is 6.23 Å². The van der Waals surface area contributed by atoms with Crippen LogP contribution in [0.2, 0.25) is 0 Å². The van der Waals surface area contributed by atoms with Crippen molar-refractivity contribution >= 4 is 17.0 Å². The van der Waals surface area contributed by atoms with Crippen LogP contribution in [0.15, 0.2) is 65.1 Å². The van der Waals surface area contributed by atoms with E-state index in [9.17, 15) is 5.11 Å². The molecule has 0 saturated heterocycles. The van der Waals surface area contributed by atoms with Gasteiger partial charge in [0, 0.05) is 12.0 Å². The molecule has 2 aromatic carbocycles. The predicted molar refractivity (Wildman–Crippen MR) is 105 cm³/mol. The van der Waals surface area contributed by atoms with E-state index in [1.807, 2.05) is 35.3 Å². The molecule has 27 heavy (non-hydrogen) atoms. The van der Waals surface area contributed by atoms with Crippen LogP contribution in [0.5, 0.6) is 17.2 Å². The first-order valence-electron chi connectivity index (χ1n) is 8.77. The summed E-state index contributed by atoms with van der Waals surface area (Å²) in [5.41, 5.74) is 2.80. The highest BCUT2D eigenvalue weighted by atomic mass is 32.1. The first-order valence-corrected chi connectivity index (χ1v) is 9.65. The van der Waals surface area contributed by atoms with Gasteiger partial charge in [0.1, 0.15) is 17.2 Å². The molecule has 6 heteroatoms. The molecule has 0 spiro atoms. The second-order valence-corrected chi connectivity index (χ2v) is 7.50. The van der Waals surface area contributed by atoms with Crippen LogP contribution in [0.1, 0.15) is 34.7 Å². The second-order valence-electron chi connectivity index (χ2n) is 6.56. The fourth-order valence-corrected chi connectivity index (χ4v) is 4.41. The molecule has 0 fully saturated rings. The molecule has 1 N–H and O–H groups in total. The van der Waals surface area contributed by atoms with Crippen molar-refractivity contribution < 1.29 is 14.6 Å². The van der Waals surface area contributed by atoms with E-state index in [4.69, 9.17) is 14.6 Å². The molecule has 136 valence electrons. The van der Waals surface area contributed by atoms with Gasteiger partial charge < -0.3 is 14.6 Å². The quantitative estimate of drug-likeness (QED) is 0.717. The minimum atomic E-state index is -0.516. The molecule has 0 aliphatic carbocycles. The lowest BCUT2D eigenvalue weighted by molar-refractivity contribution is -0.0204. The van der Waals surface area contributed by atoms with E-state index in [2.05, 4.69) is 17.5 Å². The highest BCUT2D eigenvalue weighted by Crippen LogP contribution is 2.49. The summed E-state index contributed by atoms with van der Waals surface area (Å²) in [4.78, 5) is 1.16. The highest BCUT2D eigenvalue weighted by Gasteiger charge is 2.42. The van der Waals surface area contributed by atoms with Crippen LogP contribution in [0.4, 0.5) is 0 Å². The van der Waals surface area contributed by atoms with Gasteiger partial charge in [-0.3, -0.25) is 0 Å². The van der Waals surface area contributed by atoms with Crippen molar-refractivity contribution in [2.45, 2.75) is 18.7 Å². The monoisotopic (exact) mass is 378 g/mol. The third-order valence-corrected chi connectivity index (χ3v) is 5.92. The van der Waals surface area contributed by atoms with Gasteiger partial charge in [0.15, 0.2) is 0 Å². The number of thiophene rings is 1. The van der Waals surface area contributed by atoms with Crippen molar-refractivity contribution in [1.29, 1.82) is 0 Å². The van der Waals surface area contributed by atoms with Crippen molar-refractivity contribution in [3.05, 3.63) is 76.0 Å². The summed E-state index contributed by atoms with van der Waals surface area (Å²) < 4.78 is 11.6. The second kappa shape index (κ2) is 6.32. The van der Waals surface area contributed by atoms with E-state index in [1.54, 1.807) is 30.6 Å². The van der Waals surface area contributed by atoms with Gasteiger partial charge in [0.25, 0.3) is 0 Å². The van der Waals surface area contributed by atoms with Crippen molar-refractivity contribution in [2.75, 3.05) is 7.11 Å². The Labute approximate surface area is 161 Å². The zero-order valence-corrected chi connectivity index (χ0v) is 15.5.